The summed E-state index contributed by atoms with van der Waals surface area (Å²) in [7, 11) is 3.29. The molecular formula is C12H11Cl3N4O2. The monoisotopic (exact) mass is 348 g/mol. The quantitative estimate of drug-likeness (QED) is 0.840. The molecule has 0 saturated carbocycles. The Balaban J connectivity index is 2.25. The number of nitrogens with one attached hydrogen (secondary N) is 1. The van der Waals surface area contributed by atoms with Gasteiger partial charge in [-0.1, -0.05) is 52.1 Å². The lowest BCUT2D eigenvalue weighted by atomic mass is 10.2. The van der Waals surface area contributed by atoms with E-state index in [-0.39, 0.29) is 17.7 Å². The number of anilines is 1. The average Bonchev–Trinajstić information content (AvgIpc) is 2.88. The second kappa shape index (κ2) is 6.09. The van der Waals surface area contributed by atoms with Gasteiger partial charge in [0.05, 0.1) is 0 Å². The van der Waals surface area contributed by atoms with Crippen LogP contribution in [0, 0.1) is 0 Å². The first-order chi connectivity index (χ1) is 9.77. The summed E-state index contributed by atoms with van der Waals surface area (Å²) < 4.78 is 3.11. The fourth-order valence-electron chi connectivity index (χ4n) is 1.43. The largest absolute Gasteiger partial charge is 0.334 e. The smallest absolute Gasteiger partial charge is 0.321 e. The number of hydrogen-bond acceptors (Lipinski definition) is 4. The predicted octanol–water partition coefficient (Wildman–Crippen LogP) is 3.66. The lowest BCUT2D eigenvalue weighted by Gasteiger charge is -2.12. The Morgan fingerprint density at radius 3 is 2.62 bits per heavy atom. The highest BCUT2D eigenvalue weighted by atomic mass is 35.6. The standard InChI is InChI=1S/C12H11Cl3N4O2/c1-19(2)11(20)16-8-5-3-4-7(6-8)9-17-10(21-18-9)12(13,14)15/h3-6H,1-2H3,(H,16,20). The van der Waals surface area contributed by atoms with Crippen molar-refractivity contribution < 1.29 is 9.32 Å². The number of carbonyl (C=O) groups excluding carboxylic acids is 1. The van der Waals surface area contributed by atoms with Crippen LogP contribution in [0.15, 0.2) is 28.8 Å². The van der Waals surface area contributed by atoms with Crippen LogP contribution in [-0.4, -0.2) is 35.2 Å². The van der Waals surface area contributed by atoms with Gasteiger partial charge < -0.3 is 14.7 Å². The Labute approximate surface area is 136 Å². The molecule has 1 aromatic carbocycles. The van der Waals surface area contributed by atoms with E-state index < -0.39 is 3.79 Å². The lowest BCUT2D eigenvalue weighted by molar-refractivity contribution is 0.230. The summed E-state index contributed by atoms with van der Waals surface area (Å²) in [5.41, 5.74) is 1.21. The number of amides is 2. The van der Waals surface area contributed by atoms with Crippen LogP contribution in [0.2, 0.25) is 0 Å². The minimum atomic E-state index is -1.78. The summed E-state index contributed by atoms with van der Waals surface area (Å²) in [4.78, 5) is 17.0. The number of urea groups is 1. The van der Waals surface area contributed by atoms with E-state index in [1.807, 2.05) is 0 Å². The van der Waals surface area contributed by atoms with Crippen molar-refractivity contribution in [2.75, 3.05) is 19.4 Å². The molecule has 0 aliphatic rings. The third kappa shape index (κ3) is 4.00. The van der Waals surface area contributed by atoms with Gasteiger partial charge in [-0.05, 0) is 12.1 Å². The number of aromatic nitrogens is 2. The van der Waals surface area contributed by atoms with Gasteiger partial charge in [0.1, 0.15) is 0 Å². The van der Waals surface area contributed by atoms with Gasteiger partial charge in [0.15, 0.2) is 0 Å². The predicted molar refractivity (Wildman–Crippen MR) is 81.7 cm³/mol. The first-order valence-corrected chi connectivity index (χ1v) is 6.90. The van der Waals surface area contributed by atoms with Crippen LogP contribution < -0.4 is 5.32 Å². The maximum Gasteiger partial charge on any atom is 0.321 e. The van der Waals surface area contributed by atoms with Crippen LogP contribution in [-0.2, 0) is 3.79 Å². The molecule has 0 bridgehead atoms. The Bertz CT molecular complexity index is 652. The van der Waals surface area contributed by atoms with Gasteiger partial charge in [0, 0.05) is 25.3 Å². The van der Waals surface area contributed by atoms with Gasteiger partial charge in [-0.25, -0.2) is 4.79 Å². The third-order valence-corrected chi connectivity index (χ3v) is 2.93. The molecule has 0 aliphatic heterocycles. The third-order valence-electron chi connectivity index (χ3n) is 2.45. The molecule has 0 aliphatic carbocycles. The van der Waals surface area contributed by atoms with Gasteiger partial charge in [-0.15, -0.1) is 0 Å². The van der Waals surface area contributed by atoms with Crippen molar-refractivity contribution in [3.8, 4) is 11.4 Å². The number of nitrogens with zero attached hydrogens (tertiary/aromatic N) is 3. The second-order valence-electron chi connectivity index (χ2n) is 4.33. The van der Waals surface area contributed by atoms with Crippen molar-refractivity contribution in [1.82, 2.24) is 15.0 Å². The van der Waals surface area contributed by atoms with Gasteiger partial charge in [-0.3, -0.25) is 0 Å². The van der Waals surface area contributed by atoms with E-state index in [1.54, 1.807) is 38.4 Å². The van der Waals surface area contributed by atoms with E-state index in [0.29, 0.717) is 11.3 Å². The number of hydrogen-bond donors (Lipinski definition) is 1. The molecule has 0 spiro atoms. The molecule has 2 rings (SSSR count). The van der Waals surface area contributed by atoms with Crippen LogP contribution in [0.1, 0.15) is 5.89 Å². The number of rotatable bonds is 2. The Hall–Kier alpha value is -1.50. The number of alkyl halides is 3. The molecule has 1 heterocycles. The van der Waals surface area contributed by atoms with Crippen molar-refractivity contribution in [3.05, 3.63) is 30.2 Å². The molecule has 21 heavy (non-hydrogen) atoms. The first kappa shape index (κ1) is 15.9. The Kier molecular flexibility index (Phi) is 4.61. The highest BCUT2D eigenvalue weighted by molar-refractivity contribution is 6.66. The second-order valence-corrected chi connectivity index (χ2v) is 6.61. The SMILES string of the molecule is CN(C)C(=O)Nc1cccc(-c2noc(C(Cl)(Cl)Cl)n2)c1. The van der Waals surface area contributed by atoms with Crippen molar-refractivity contribution in [1.29, 1.82) is 0 Å². The zero-order valence-corrected chi connectivity index (χ0v) is 13.4. The number of carbonyl (C=O) groups is 1. The van der Waals surface area contributed by atoms with E-state index in [4.69, 9.17) is 39.3 Å². The summed E-state index contributed by atoms with van der Waals surface area (Å²) in [5, 5.41) is 6.46. The molecule has 1 aromatic heterocycles. The molecule has 0 atom stereocenters. The van der Waals surface area contributed by atoms with E-state index in [2.05, 4.69) is 15.5 Å². The van der Waals surface area contributed by atoms with Crippen molar-refractivity contribution in [2.45, 2.75) is 3.79 Å². The molecule has 0 fully saturated rings. The summed E-state index contributed by atoms with van der Waals surface area (Å²) in [6.45, 7) is 0. The minimum Gasteiger partial charge on any atom is -0.334 e. The molecule has 1 N–H and O–H groups in total. The first-order valence-electron chi connectivity index (χ1n) is 5.77. The van der Waals surface area contributed by atoms with Gasteiger partial charge in [0.25, 0.3) is 9.68 Å². The van der Waals surface area contributed by atoms with Crippen LogP contribution >= 0.6 is 34.8 Å². The minimum absolute atomic E-state index is 0.120. The molecular weight excluding hydrogens is 339 g/mol. The highest BCUT2D eigenvalue weighted by Gasteiger charge is 2.30. The number of halogens is 3. The van der Waals surface area contributed by atoms with E-state index >= 15 is 0 Å². The summed E-state index contributed by atoms with van der Waals surface area (Å²) in [5.74, 6) is 0.141. The van der Waals surface area contributed by atoms with Gasteiger partial charge in [-0.2, -0.15) is 4.98 Å². The normalized spacial score (nSPS) is 11.3. The van der Waals surface area contributed by atoms with Crippen molar-refractivity contribution in [3.63, 3.8) is 0 Å². The molecule has 2 aromatic rings. The fraction of sp³-hybridized carbons (Fsp3) is 0.250. The maximum absolute atomic E-state index is 11.6. The topological polar surface area (TPSA) is 71.3 Å². The van der Waals surface area contributed by atoms with Crippen molar-refractivity contribution >= 4 is 46.5 Å². The summed E-state index contributed by atoms with van der Waals surface area (Å²) in [6, 6.07) is 6.67. The zero-order chi connectivity index (χ0) is 15.6. The molecule has 0 unspecified atom stereocenters. The van der Waals surface area contributed by atoms with E-state index in [9.17, 15) is 4.79 Å². The average molecular weight is 350 g/mol. The molecule has 0 saturated heterocycles. The fourth-order valence-corrected chi connectivity index (χ4v) is 1.66. The van der Waals surface area contributed by atoms with E-state index in [1.165, 1.54) is 4.90 Å². The van der Waals surface area contributed by atoms with Crippen molar-refractivity contribution in [2.24, 2.45) is 0 Å². The van der Waals surface area contributed by atoms with Crippen LogP contribution in [0.3, 0.4) is 0 Å². The molecule has 9 heteroatoms. The number of benzene rings is 1. The van der Waals surface area contributed by atoms with Crippen LogP contribution in [0.5, 0.6) is 0 Å². The van der Waals surface area contributed by atoms with E-state index in [0.717, 1.165) is 0 Å². The zero-order valence-electron chi connectivity index (χ0n) is 11.1. The molecule has 0 radical (unpaired) electrons. The maximum atomic E-state index is 11.6. The Morgan fingerprint density at radius 2 is 2.05 bits per heavy atom. The Morgan fingerprint density at radius 1 is 1.33 bits per heavy atom. The summed E-state index contributed by atoms with van der Waals surface area (Å²) in [6.07, 6.45) is 0. The van der Waals surface area contributed by atoms with Gasteiger partial charge >= 0.3 is 6.03 Å². The molecule has 112 valence electrons. The summed E-state index contributed by atoms with van der Waals surface area (Å²) >= 11 is 17.0. The highest BCUT2D eigenvalue weighted by Crippen LogP contribution is 2.37. The molecule has 6 nitrogen and oxygen atoms in total. The van der Waals surface area contributed by atoms with Crippen LogP contribution in [0.25, 0.3) is 11.4 Å². The lowest BCUT2D eigenvalue weighted by Crippen LogP contribution is -2.27. The molecule has 2 amide bonds. The van der Waals surface area contributed by atoms with Crippen LogP contribution in [0.4, 0.5) is 10.5 Å². The van der Waals surface area contributed by atoms with Gasteiger partial charge in [0.2, 0.25) is 5.82 Å².